The molecule has 2 unspecified atom stereocenters. The van der Waals surface area contributed by atoms with E-state index in [0.717, 1.165) is 17.7 Å². The molecule has 0 saturated carbocycles. The lowest BCUT2D eigenvalue weighted by Gasteiger charge is -2.20. The fourth-order valence-electron chi connectivity index (χ4n) is 2.23. The SMILES string of the molecule is O=C(NCC(O)C(O)c1cc(C(F)(F)F)ccc1Cl)OCc1ccccc1. The number of carbonyl (C=O) groups is 1. The van der Waals surface area contributed by atoms with Crippen LogP contribution in [-0.2, 0) is 17.5 Å². The zero-order chi connectivity index (χ0) is 20.0. The largest absolute Gasteiger partial charge is 0.445 e. The number of carbonyl (C=O) groups excluding carboxylic acids is 1. The first-order valence-corrected chi connectivity index (χ1v) is 8.23. The van der Waals surface area contributed by atoms with Gasteiger partial charge in [0.15, 0.2) is 0 Å². The van der Waals surface area contributed by atoms with Gasteiger partial charge in [0.25, 0.3) is 0 Å². The molecule has 0 saturated heterocycles. The Balaban J connectivity index is 1.91. The molecule has 0 aliphatic rings. The molecule has 2 aromatic rings. The zero-order valence-electron chi connectivity index (χ0n) is 13.9. The maximum Gasteiger partial charge on any atom is 0.416 e. The van der Waals surface area contributed by atoms with E-state index in [2.05, 4.69) is 5.32 Å². The summed E-state index contributed by atoms with van der Waals surface area (Å²) in [4.78, 5) is 11.6. The van der Waals surface area contributed by atoms with Crippen LogP contribution in [0.2, 0.25) is 5.02 Å². The third kappa shape index (κ3) is 6.13. The molecule has 9 heteroatoms. The summed E-state index contributed by atoms with van der Waals surface area (Å²) in [5, 5.41) is 22.1. The molecular weight excluding hydrogens is 387 g/mol. The molecule has 146 valence electrons. The van der Waals surface area contributed by atoms with Crippen LogP contribution in [-0.4, -0.2) is 29.0 Å². The van der Waals surface area contributed by atoms with Crippen molar-refractivity contribution < 1.29 is 32.9 Å². The van der Waals surface area contributed by atoms with Crippen LogP contribution in [0.25, 0.3) is 0 Å². The minimum absolute atomic E-state index is 0.00474. The smallest absolute Gasteiger partial charge is 0.416 e. The van der Waals surface area contributed by atoms with Crippen molar-refractivity contribution in [2.45, 2.75) is 25.0 Å². The molecule has 0 aliphatic carbocycles. The number of halogens is 4. The molecule has 0 aliphatic heterocycles. The minimum atomic E-state index is -4.62. The first-order valence-electron chi connectivity index (χ1n) is 7.86. The van der Waals surface area contributed by atoms with E-state index < -0.39 is 36.6 Å². The minimum Gasteiger partial charge on any atom is -0.445 e. The Morgan fingerprint density at radius 2 is 1.81 bits per heavy atom. The number of hydrogen-bond acceptors (Lipinski definition) is 4. The standard InChI is InChI=1S/C18H17ClF3NO4/c19-14-7-6-12(18(20,21)22)8-13(14)16(25)15(24)9-23-17(26)27-10-11-4-2-1-3-5-11/h1-8,15-16,24-25H,9-10H2,(H,23,26). The van der Waals surface area contributed by atoms with Crippen molar-refractivity contribution >= 4 is 17.7 Å². The van der Waals surface area contributed by atoms with Crippen molar-refractivity contribution in [3.05, 3.63) is 70.2 Å². The maximum atomic E-state index is 12.8. The molecule has 0 bridgehead atoms. The van der Waals surface area contributed by atoms with Gasteiger partial charge >= 0.3 is 12.3 Å². The van der Waals surface area contributed by atoms with Crippen LogP contribution < -0.4 is 5.32 Å². The lowest BCUT2D eigenvalue weighted by atomic mass is 10.0. The van der Waals surface area contributed by atoms with Crippen molar-refractivity contribution in [2.75, 3.05) is 6.54 Å². The van der Waals surface area contributed by atoms with E-state index in [4.69, 9.17) is 16.3 Å². The molecule has 2 rings (SSSR count). The van der Waals surface area contributed by atoms with Crippen LogP contribution in [0.15, 0.2) is 48.5 Å². The summed E-state index contributed by atoms with van der Waals surface area (Å²) in [7, 11) is 0. The van der Waals surface area contributed by atoms with Crippen molar-refractivity contribution in [2.24, 2.45) is 0 Å². The van der Waals surface area contributed by atoms with Gasteiger partial charge in [0, 0.05) is 17.1 Å². The summed E-state index contributed by atoms with van der Waals surface area (Å²) in [6.45, 7) is -0.438. The normalized spacial score (nSPS) is 13.7. The number of aliphatic hydroxyl groups excluding tert-OH is 2. The van der Waals surface area contributed by atoms with Gasteiger partial charge in [-0.2, -0.15) is 13.2 Å². The number of alkyl halides is 3. The van der Waals surface area contributed by atoms with Gasteiger partial charge in [0.05, 0.1) is 5.56 Å². The van der Waals surface area contributed by atoms with Gasteiger partial charge in [-0.3, -0.25) is 0 Å². The van der Waals surface area contributed by atoms with Crippen LogP contribution in [0.1, 0.15) is 22.8 Å². The highest BCUT2D eigenvalue weighted by Crippen LogP contribution is 2.34. The van der Waals surface area contributed by atoms with Gasteiger partial charge in [-0.15, -0.1) is 0 Å². The maximum absolute atomic E-state index is 12.8. The molecule has 0 fully saturated rings. The number of alkyl carbamates (subject to hydrolysis) is 1. The van der Waals surface area contributed by atoms with Gasteiger partial charge in [0.2, 0.25) is 0 Å². The second kappa shape index (κ2) is 9.07. The van der Waals surface area contributed by atoms with Crippen LogP contribution in [0.3, 0.4) is 0 Å². The highest BCUT2D eigenvalue weighted by Gasteiger charge is 2.32. The highest BCUT2D eigenvalue weighted by molar-refractivity contribution is 6.31. The first-order chi connectivity index (χ1) is 12.7. The average molecular weight is 404 g/mol. The van der Waals surface area contributed by atoms with Gasteiger partial charge in [-0.1, -0.05) is 41.9 Å². The summed E-state index contributed by atoms with van der Waals surface area (Å²) in [5.74, 6) is 0. The van der Waals surface area contributed by atoms with Crippen molar-refractivity contribution in [1.82, 2.24) is 5.32 Å². The topological polar surface area (TPSA) is 78.8 Å². The first kappa shape index (κ1) is 21.0. The summed E-state index contributed by atoms with van der Waals surface area (Å²) >= 11 is 5.82. The number of ether oxygens (including phenoxy) is 1. The molecule has 0 spiro atoms. The molecule has 0 aromatic heterocycles. The summed E-state index contributed by atoms with van der Waals surface area (Å²) in [5.41, 5.74) is -0.550. The second-order valence-electron chi connectivity index (χ2n) is 5.69. The van der Waals surface area contributed by atoms with Gasteiger partial charge in [-0.05, 0) is 23.8 Å². The van der Waals surface area contributed by atoms with Crippen LogP contribution >= 0.6 is 11.6 Å². The number of benzene rings is 2. The number of nitrogens with one attached hydrogen (secondary N) is 1. The van der Waals surface area contributed by atoms with Gasteiger partial charge < -0.3 is 20.3 Å². The summed E-state index contributed by atoms with van der Waals surface area (Å²) in [6, 6.07) is 11.3. The average Bonchev–Trinajstić information content (AvgIpc) is 2.64. The Morgan fingerprint density at radius 1 is 1.15 bits per heavy atom. The fourth-order valence-corrected chi connectivity index (χ4v) is 2.46. The molecule has 2 atom stereocenters. The van der Waals surface area contributed by atoms with E-state index in [0.29, 0.717) is 6.07 Å². The zero-order valence-corrected chi connectivity index (χ0v) is 14.7. The molecule has 1 amide bonds. The fraction of sp³-hybridized carbons (Fsp3) is 0.278. The van der Waals surface area contributed by atoms with Crippen molar-refractivity contribution in [3.8, 4) is 0 Å². The Morgan fingerprint density at radius 3 is 2.44 bits per heavy atom. The van der Waals surface area contributed by atoms with E-state index in [1.807, 2.05) is 0 Å². The molecule has 27 heavy (non-hydrogen) atoms. The predicted octanol–water partition coefficient (Wildman–Crippen LogP) is 3.68. The Bertz CT molecular complexity index is 771. The lowest BCUT2D eigenvalue weighted by Crippen LogP contribution is -2.36. The third-order valence-corrected chi connectivity index (χ3v) is 4.02. The van der Waals surface area contributed by atoms with Crippen LogP contribution in [0, 0.1) is 0 Å². The van der Waals surface area contributed by atoms with Crippen LogP contribution in [0.4, 0.5) is 18.0 Å². The molecule has 0 heterocycles. The number of aliphatic hydroxyl groups is 2. The number of rotatable bonds is 6. The molecular formula is C18H17ClF3NO4. The molecule has 5 nitrogen and oxygen atoms in total. The van der Waals surface area contributed by atoms with Gasteiger partial charge in [-0.25, -0.2) is 4.79 Å². The molecule has 0 radical (unpaired) electrons. The highest BCUT2D eigenvalue weighted by atomic mass is 35.5. The third-order valence-electron chi connectivity index (χ3n) is 3.67. The monoisotopic (exact) mass is 403 g/mol. The quantitative estimate of drug-likeness (QED) is 0.687. The molecule has 3 N–H and O–H groups in total. The van der Waals surface area contributed by atoms with E-state index in [9.17, 15) is 28.2 Å². The van der Waals surface area contributed by atoms with Crippen LogP contribution in [0.5, 0.6) is 0 Å². The predicted molar refractivity (Wildman–Crippen MR) is 92.1 cm³/mol. The summed E-state index contributed by atoms with van der Waals surface area (Å²) < 4.78 is 43.3. The van der Waals surface area contributed by atoms with E-state index in [1.54, 1.807) is 30.3 Å². The summed E-state index contributed by atoms with van der Waals surface area (Å²) in [6.07, 6.45) is -8.78. The van der Waals surface area contributed by atoms with E-state index in [-0.39, 0.29) is 17.2 Å². The Hall–Kier alpha value is -2.29. The van der Waals surface area contributed by atoms with Crippen molar-refractivity contribution in [1.29, 1.82) is 0 Å². The second-order valence-corrected chi connectivity index (χ2v) is 6.10. The molecule has 2 aromatic carbocycles. The number of amides is 1. The van der Waals surface area contributed by atoms with Crippen molar-refractivity contribution in [3.63, 3.8) is 0 Å². The Kier molecular flexibility index (Phi) is 7.06. The van der Waals surface area contributed by atoms with Gasteiger partial charge in [0.1, 0.15) is 18.8 Å². The Labute approximate surface area is 158 Å². The lowest BCUT2D eigenvalue weighted by molar-refractivity contribution is -0.137. The number of hydrogen-bond donors (Lipinski definition) is 3. The van der Waals surface area contributed by atoms with E-state index >= 15 is 0 Å². The van der Waals surface area contributed by atoms with E-state index in [1.165, 1.54) is 0 Å².